The molecule has 1 heterocycles. The van der Waals surface area contributed by atoms with Gasteiger partial charge in [-0.25, -0.2) is 4.98 Å². The summed E-state index contributed by atoms with van der Waals surface area (Å²) in [6.45, 7) is 7.05. The largest absolute Gasteiger partial charge is 0.390 e. The molecule has 29 heavy (non-hydrogen) atoms. The Morgan fingerprint density at radius 3 is 2.62 bits per heavy atom. The number of anilines is 1. The molecule has 0 saturated heterocycles. The standard InChI is InChI=1S/C22H27N3O3S/c1-12(2)15-7-13(10-23)8-16(14-5-6-14)17(15)9-19(27)25-20-18(11-26)24-21(29-20)22(3,4)28/h7-8,12,14,26,28H,5-6,9,11H2,1-4H3,(H,25,27). The fourth-order valence-corrected chi connectivity index (χ4v) is 4.40. The van der Waals surface area contributed by atoms with Crippen LogP contribution in [0.1, 0.15) is 85.3 Å². The van der Waals surface area contributed by atoms with E-state index in [4.69, 9.17) is 0 Å². The van der Waals surface area contributed by atoms with Crippen molar-refractivity contribution in [2.45, 2.75) is 71.0 Å². The molecule has 1 amide bonds. The van der Waals surface area contributed by atoms with E-state index in [0.29, 0.717) is 27.2 Å². The molecule has 3 rings (SSSR count). The van der Waals surface area contributed by atoms with E-state index in [1.165, 1.54) is 11.3 Å². The zero-order valence-corrected chi connectivity index (χ0v) is 18.1. The van der Waals surface area contributed by atoms with Gasteiger partial charge in [0.05, 0.1) is 24.7 Å². The number of rotatable bonds is 7. The number of amides is 1. The first-order valence-corrected chi connectivity index (χ1v) is 10.7. The predicted octanol–water partition coefficient (Wildman–Crippen LogP) is 3.92. The molecule has 0 spiro atoms. The summed E-state index contributed by atoms with van der Waals surface area (Å²) in [4.78, 5) is 17.1. The molecule has 6 nitrogen and oxygen atoms in total. The third-order valence-corrected chi connectivity index (χ3v) is 6.37. The summed E-state index contributed by atoms with van der Waals surface area (Å²) in [5.41, 5.74) is 2.98. The molecular weight excluding hydrogens is 386 g/mol. The van der Waals surface area contributed by atoms with Gasteiger partial charge in [-0.05, 0) is 67.3 Å². The first-order valence-electron chi connectivity index (χ1n) is 9.84. The summed E-state index contributed by atoms with van der Waals surface area (Å²) < 4.78 is 0. The molecule has 0 unspecified atom stereocenters. The molecule has 1 aliphatic rings. The molecule has 0 atom stereocenters. The van der Waals surface area contributed by atoms with Crippen LogP contribution in [0.15, 0.2) is 12.1 Å². The average Bonchev–Trinajstić information content (AvgIpc) is 3.40. The van der Waals surface area contributed by atoms with Crippen LogP contribution in [0.4, 0.5) is 5.00 Å². The molecule has 0 bridgehead atoms. The van der Waals surface area contributed by atoms with Gasteiger partial charge in [-0.15, -0.1) is 0 Å². The number of carbonyl (C=O) groups is 1. The van der Waals surface area contributed by atoms with E-state index in [-0.39, 0.29) is 24.9 Å². The molecule has 1 aromatic heterocycles. The van der Waals surface area contributed by atoms with Crippen LogP contribution in [-0.2, 0) is 23.4 Å². The van der Waals surface area contributed by atoms with Crippen LogP contribution in [0.25, 0.3) is 0 Å². The Morgan fingerprint density at radius 1 is 1.41 bits per heavy atom. The molecule has 3 N–H and O–H groups in total. The maximum absolute atomic E-state index is 12.9. The second kappa shape index (κ2) is 8.23. The summed E-state index contributed by atoms with van der Waals surface area (Å²) >= 11 is 1.17. The van der Waals surface area contributed by atoms with Crippen LogP contribution in [0.3, 0.4) is 0 Å². The molecule has 2 aromatic rings. The Balaban J connectivity index is 1.90. The number of nitrogens with one attached hydrogen (secondary N) is 1. The highest BCUT2D eigenvalue weighted by atomic mass is 32.1. The maximum atomic E-state index is 12.9. The molecule has 1 aliphatic carbocycles. The number of thiazole rings is 1. The highest BCUT2D eigenvalue weighted by molar-refractivity contribution is 7.16. The third-order valence-electron chi connectivity index (χ3n) is 5.05. The summed E-state index contributed by atoms with van der Waals surface area (Å²) in [7, 11) is 0. The van der Waals surface area contributed by atoms with E-state index >= 15 is 0 Å². The minimum absolute atomic E-state index is 0.195. The fourth-order valence-electron chi connectivity index (χ4n) is 3.41. The first-order chi connectivity index (χ1) is 13.6. The van der Waals surface area contributed by atoms with Gasteiger partial charge in [0.15, 0.2) is 0 Å². The topological polar surface area (TPSA) is 106 Å². The molecule has 0 aliphatic heterocycles. The monoisotopic (exact) mass is 413 g/mol. The number of carbonyl (C=O) groups excluding carboxylic acids is 1. The van der Waals surface area contributed by atoms with Crippen LogP contribution in [-0.4, -0.2) is 21.1 Å². The van der Waals surface area contributed by atoms with Crippen molar-refractivity contribution >= 4 is 22.2 Å². The summed E-state index contributed by atoms with van der Waals surface area (Å²) in [6.07, 6.45) is 2.37. The molecule has 1 fully saturated rings. The third kappa shape index (κ3) is 4.84. The zero-order valence-electron chi connectivity index (χ0n) is 17.2. The van der Waals surface area contributed by atoms with Gasteiger partial charge in [-0.3, -0.25) is 4.79 Å². The van der Waals surface area contributed by atoms with Crippen molar-refractivity contribution in [1.29, 1.82) is 5.26 Å². The smallest absolute Gasteiger partial charge is 0.229 e. The van der Waals surface area contributed by atoms with Crippen molar-refractivity contribution in [1.82, 2.24) is 4.98 Å². The van der Waals surface area contributed by atoms with Gasteiger partial charge < -0.3 is 15.5 Å². The van der Waals surface area contributed by atoms with E-state index in [9.17, 15) is 20.3 Å². The fraction of sp³-hybridized carbons (Fsp3) is 0.500. The van der Waals surface area contributed by atoms with E-state index in [1.54, 1.807) is 13.8 Å². The van der Waals surface area contributed by atoms with Gasteiger partial charge in [0, 0.05) is 0 Å². The number of aliphatic hydroxyl groups excluding tert-OH is 1. The minimum atomic E-state index is -1.14. The Labute approximate surface area is 175 Å². The van der Waals surface area contributed by atoms with E-state index in [1.807, 2.05) is 12.1 Å². The number of aromatic nitrogens is 1. The lowest BCUT2D eigenvalue weighted by Crippen LogP contribution is -2.17. The number of aliphatic hydroxyl groups is 2. The highest BCUT2D eigenvalue weighted by Crippen LogP contribution is 2.44. The molecular formula is C22H27N3O3S. The Bertz CT molecular complexity index is 940. The summed E-state index contributed by atoms with van der Waals surface area (Å²) in [5.74, 6) is 0.419. The average molecular weight is 414 g/mol. The van der Waals surface area contributed by atoms with Crippen LogP contribution in [0.5, 0.6) is 0 Å². The van der Waals surface area contributed by atoms with Crippen LogP contribution < -0.4 is 5.32 Å². The normalized spacial score (nSPS) is 14.1. The molecule has 1 saturated carbocycles. The van der Waals surface area contributed by atoms with Crippen LogP contribution in [0.2, 0.25) is 0 Å². The quantitative estimate of drug-likeness (QED) is 0.638. The lowest BCUT2D eigenvalue weighted by Gasteiger charge is -2.18. The molecule has 0 radical (unpaired) electrons. The molecule has 7 heteroatoms. The Morgan fingerprint density at radius 2 is 2.10 bits per heavy atom. The van der Waals surface area contributed by atoms with Crippen LogP contribution >= 0.6 is 11.3 Å². The summed E-state index contributed by atoms with van der Waals surface area (Å²) in [5, 5.41) is 32.9. The predicted molar refractivity (Wildman–Crippen MR) is 113 cm³/mol. The Hall–Kier alpha value is -2.27. The maximum Gasteiger partial charge on any atom is 0.229 e. The van der Waals surface area contributed by atoms with Crippen molar-refractivity contribution in [3.63, 3.8) is 0 Å². The van der Waals surface area contributed by atoms with E-state index in [0.717, 1.165) is 29.5 Å². The number of hydrogen-bond acceptors (Lipinski definition) is 6. The zero-order chi connectivity index (χ0) is 21.3. The van der Waals surface area contributed by atoms with Gasteiger partial charge in [-0.1, -0.05) is 25.2 Å². The number of hydrogen-bond donors (Lipinski definition) is 3. The van der Waals surface area contributed by atoms with Gasteiger partial charge >= 0.3 is 0 Å². The first kappa shape index (κ1) is 21.4. The van der Waals surface area contributed by atoms with Crippen molar-refractivity contribution in [3.8, 4) is 6.07 Å². The second-order valence-electron chi connectivity index (χ2n) is 8.41. The lowest BCUT2D eigenvalue weighted by atomic mass is 9.87. The Kier molecular flexibility index (Phi) is 6.08. The van der Waals surface area contributed by atoms with Gasteiger partial charge in [0.1, 0.15) is 21.3 Å². The van der Waals surface area contributed by atoms with E-state index < -0.39 is 5.60 Å². The summed E-state index contributed by atoms with van der Waals surface area (Å²) in [6, 6.07) is 6.05. The van der Waals surface area contributed by atoms with Gasteiger partial charge in [-0.2, -0.15) is 5.26 Å². The number of benzene rings is 1. The van der Waals surface area contributed by atoms with Gasteiger partial charge in [0.25, 0.3) is 0 Å². The number of nitrogens with zero attached hydrogens (tertiary/aromatic N) is 2. The van der Waals surface area contributed by atoms with Gasteiger partial charge in [0.2, 0.25) is 5.91 Å². The van der Waals surface area contributed by atoms with Crippen molar-refractivity contribution in [2.75, 3.05) is 5.32 Å². The lowest BCUT2D eigenvalue weighted by molar-refractivity contribution is -0.115. The SMILES string of the molecule is CC(C)c1cc(C#N)cc(C2CC2)c1CC(=O)Nc1sc(C(C)(C)O)nc1CO. The highest BCUT2D eigenvalue weighted by Gasteiger charge is 2.30. The van der Waals surface area contributed by atoms with E-state index in [2.05, 4.69) is 30.2 Å². The number of nitriles is 1. The van der Waals surface area contributed by atoms with Crippen molar-refractivity contribution < 1.29 is 15.0 Å². The molecule has 154 valence electrons. The van der Waals surface area contributed by atoms with Crippen LogP contribution in [0, 0.1) is 11.3 Å². The second-order valence-corrected chi connectivity index (χ2v) is 9.41. The minimum Gasteiger partial charge on any atom is -0.390 e. The molecule has 1 aromatic carbocycles. The van der Waals surface area contributed by atoms with Crippen molar-refractivity contribution in [2.24, 2.45) is 0 Å². The van der Waals surface area contributed by atoms with Crippen molar-refractivity contribution in [3.05, 3.63) is 45.1 Å².